The molecule has 132 valence electrons. The first-order valence-corrected chi connectivity index (χ1v) is 9.77. The van der Waals surface area contributed by atoms with Gasteiger partial charge in [0.25, 0.3) is 0 Å². The fourth-order valence-corrected chi connectivity index (χ4v) is 5.07. The first kappa shape index (κ1) is 16.8. The van der Waals surface area contributed by atoms with Crippen LogP contribution in [0.3, 0.4) is 0 Å². The van der Waals surface area contributed by atoms with Gasteiger partial charge in [0, 0.05) is 6.54 Å². The number of nitrogens with zero attached hydrogens (tertiary/aromatic N) is 1. The molecule has 3 aromatic rings. The van der Waals surface area contributed by atoms with E-state index < -0.39 is 22.0 Å². The molecule has 5 nitrogen and oxygen atoms in total. The quantitative estimate of drug-likeness (QED) is 0.773. The first-order valence-electron chi connectivity index (χ1n) is 8.33. The molecular weight excluding hydrogens is 348 g/mol. The maximum atomic E-state index is 13.3. The predicted molar refractivity (Wildman–Crippen MR) is 99.8 cm³/mol. The van der Waals surface area contributed by atoms with Crippen molar-refractivity contribution in [1.82, 2.24) is 4.31 Å². The molecule has 0 fully saturated rings. The number of fused-ring (bicyclic) bond motifs is 2. The molecule has 0 radical (unpaired) electrons. The summed E-state index contributed by atoms with van der Waals surface area (Å²) in [5.74, 6) is -0.635. The van der Waals surface area contributed by atoms with Crippen molar-refractivity contribution in [2.45, 2.75) is 23.9 Å². The Balaban J connectivity index is 1.81. The molecule has 0 aromatic heterocycles. The Morgan fingerprint density at radius 2 is 1.58 bits per heavy atom. The lowest BCUT2D eigenvalue weighted by molar-refractivity contribution is -0.122. The first-order chi connectivity index (χ1) is 12.5. The molecule has 4 rings (SSSR count). The van der Waals surface area contributed by atoms with Crippen molar-refractivity contribution in [2.75, 3.05) is 0 Å². The molecule has 0 bridgehead atoms. The van der Waals surface area contributed by atoms with Crippen LogP contribution in [-0.2, 0) is 27.8 Å². The molecule has 0 spiro atoms. The van der Waals surface area contributed by atoms with Gasteiger partial charge in [0.1, 0.15) is 6.04 Å². The van der Waals surface area contributed by atoms with Gasteiger partial charge in [-0.15, -0.1) is 0 Å². The van der Waals surface area contributed by atoms with Gasteiger partial charge in [-0.25, -0.2) is 8.42 Å². The van der Waals surface area contributed by atoms with Crippen molar-refractivity contribution in [3.63, 3.8) is 0 Å². The zero-order valence-corrected chi connectivity index (χ0v) is 14.8. The highest BCUT2D eigenvalue weighted by atomic mass is 32.2. The molecule has 3 aromatic carbocycles. The summed E-state index contributed by atoms with van der Waals surface area (Å²) in [5, 5.41) is 1.79. The monoisotopic (exact) mass is 366 g/mol. The summed E-state index contributed by atoms with van der Waals surface area (Å²) in [4.78, 5) is 12.1. The number of hydrogen-bond acceptors (Lipinski definition) is 3. The van der Waals surface area contributed by atoms with Crippen LogP contribution in [-0.4, -0.2) is 24.7 Å². The zero-order chi connectivity index (χ0) is 18.3. The third kappa shape index (κ3) is 2.77. The third-order valence-corrected chi connectivity index (χ3v) is 6.71. The van der Waals surface area contributed by atoms with Crippen molar-refractivity contribution >= 4 is 26.7 Å². The molecule has 0 aliphatic carbocycles. The summed E-state index contributed by atoms with van der Waals surface area (Å²) >= 11 is 0. The summed E-state index contributed by atoms with van der Waals surface area (Å²) in [6.45, 7) is 0.138. The van der Waals surface area contributed by atoms with Gasteiger partial charge in [0.2, 0.25) is 15.9 Å². The maximum Gasteiger partial charge on any atom is 0.244 e. The van der Waals surface area contributed by atoms with Crippen LogP contribution < -0.4 is 5.73 Å². The van der Waals surface area contributed by atoms with Crippen molar-refractivity contribution in [2.24, 2.45) is 5.73 Å². The van der Waals surface area contributed by atoms with Gasteiger partial charge >= 0.3 is 0 Å². The number of hydrogen-bond donors (Lipinski definition) is 1. The second kappa shape index (κ2) is 6.23. The van der Waals surface area contributed by atoms with Crippen molar-refractivity contribution in [3.05, 3.63) is 77.9 Å². The minimum Gasteiger partial charge on any atom is -0.368 e. The Morgan fingerprint density at radius 3 is 2.31 bits per heavy atom. The van der Waals surface area contributed by atoms with Gasteiger partial charge in [0.15, 0.2) is 0 Å². The van der Waals surface area contributed by atoms with Crippen molar-refractivity contribution in [3.8, 4) is 0 Å². The highest BCUT2D eigenvalue weighted by molar-refractivity contribution is 7.89. The molecule has 1 amide bonds. The van der Waals surface area contributed by atoms with Gasteiger partial charge in [-0.2, -0.15) is 4.31 Å². The van der Waals surface area contributed by atoms with E-state index >= 15 is 0 Å². The molecule has 0 unspecified atom stereocenters. The number of primary amides is 1. The van der Waals surface area contributed by atoms with Gasteiger partial charge in [0.05, 0.1) is 4.90 Å². The molecule has 0 saturated heterocycles. The highest BCUT2D eigenvalue weighted by Gasteiger charge is 2.38. The molecule has 6 heteroatoms. The van der Waals surface area contributed by atoms with Crippen LogP contribution >= 0.6 is 0 Å². The summed E-state index contributed by atoms with van der Waals surface area (Å²) in [5.41, 5.74) is 7.39. The summed E-state index contributed by atoms with van der Waals surface area (Å²) in [6.07, 6.45) is 0.290. The van der Waals surface area contributed by atoms with Gasteiger partial charge in [-0.3, -0.25) is 4.79 Å². The zero-order valence-electron chi connectivity index (χ0n) is 14.0. The smallest absolute Gasteiger partial charge is 0.244 e. The van der Waals surface area contributed by atoms with Gasteiger partial charge in [-0.05, 0) is 40.5 Å². The van der Waals surface area contributed by atoms with Gasteiger partial charge < -0.3 is 5.73 Å². The van der Waals surface area contributed by atoms with Crippen LogP contribution in [0.1, 0.15) is 11.1 Å². The van der Waals surface area contributed by atoms with Crippen molar-refractivity contribution < 1.29 is 13.2 Å². The summed E-state index contributed by atoms with van der Waals surface area (Å²) in [7, 11) is -3.86. The molecule has 1 aliphatic rings. The third-order valence-electron chi connectivity index (χ3n) is 4.86. The van der Waals surface area contributed by atoms with E-state index in [-0.39, 0.29) is 17.9 Å². The van der Waals surface area contributed by atoms with Crippen LogP contribution in [0, 0.1) is 0 Å². The number of benzene rings is 3. The average molecular weight is 366 g/mol. The molecule has 1 atom stereocenters. The van der Waals surface area contributed by atoms with E-state index in [1.807, 2.05) is 48.5 Å². The van der Waals surface area contributed by atoms with E-state index in [0.717, 1.165) is 21.9 Å². The van der Waals surface area contributed by atoms with E-state index in [0.29, 0.717) is 0 Å². The lowest BCUT2D eigenvalue weighted by Gasteiger charge is -2.34. The van der Waals surface area contributed by atoms with E-state index in [2.05, 4.69) is 0 Å². The highest BCUT2D eigenvalue weighted by Crippen LogP contribution is 2.30. The minimum absolute atomic E-state index is 0.138. The second-order valence-corrected chi connectivity index (χ2v) is 8.34. The molecular formula is C20H18N2O3S. The van der Waals surface area contributed by atoms with Crippen LogP contribution in [0.15, 0.2) is 71.6 Å². The van der Waals surface area contributed by atoms with Gasteiger partial charge in [-0.1, -0.05) is 54.6 Å². The fourth-order valence-electron chi connectivity index (χ4n) is 3.46. The Kier molecular flexibility index (Phi) is 4.01. The number of rotatable bonds is 3. The van der Waals surface area contributed by atoms with Crippen LogP contribution in [0.4, 0.5) is 0 Å². The van der Waals surface area contributed by atoms with Crippen LogP contribution in [0.5, 0.6) is 0 Å². The fraction of sp³-hybridized carbons (Fsp3) is 0.150. The number of nitrogens with two attached hydrogens (primary N) is 1. The van der Waals surface area contributed by atoms with E-state index in [1.54, 1.807) is 18.2 Å². The number of carbonyl (C=O) groups is 1. The average Bonchev–Trinajstić information content (AvgIpc) is 2.66. The molecule has 26 heavy (non-hydrogen) atoms. The summed E-state index contributed by atoms with van der Waals surface area (Å²) in [6, 6.07) is 19.2. The van der Waals surface area contributed by atoms with E-state index in [9.17, 15) is 13.2 Å². The minimum atomic E-state index is -3.86. The van der Waals surface area contributed by atoms with Crippen LogP contribution in [0.25, 0.3) is 10.8 Å². The molecule has 1 aliphatic heterocycles. The number of sulfonamides is 1. The Morgan fingerprint density at radius 1 is 0.923 bits per heavy atom. The largest absolute Gasteiger partial charge is 0.368 e. The maximum absolute atomic E-state index is 13.3. The standard InChI is InChI=1S/C20H18N2O3S/c21-20(23)19-12-16-7-3-4-8-17(16)13-22(19)26(24,25)18-10-9-14-5-1-2-6-15(14)11-18/h1-11,19H,12-13H2,(H2,21,23)/t19-/m1/s1. The lowest BCUT2D eigenvalue weighted by Crippen LogP contribution is -2.50. The Labute approximate surface area is 152 Å². The summed E-state index contributed by atoms with van der Waals surface area (Å²) < 4.78 is 27.8. The van der Waals surface area contributed by atoms with Crippen LogP contribution in [0.2, 0.25) is 0 Å². The lowest BCUT2D eigenvalue weighted by atomic mass is 9.96. The second-order valence-electron chi connectivity index (χ2n) is 6.45. The Hall–Kier alpha value is -2.70. The molecule has 1 heterocycles. The molecule has 0 saturated carbocycles. The van der Waals surface area contributed by atoms with Crippen molar-refractivity contribution in [1.29, 1.82) is 0 Å². The Bertz CT molecular complexity index is 1110. The van der Waals surface area contributed by atoms with E-state index in [4.69, 9.17) is 5.73 Å². The SMILES string of the molecule is NC(=O)[C@H]1Cc2ccccc2CN1S(=O)(=O)c1ccc2ccccc2c1. The topological polar surface area (TPSA) is 80.5 Å². The normalized spacial score (nSPS) is 17.8. The van der Waals surface area contributed by atoms with E-state index in [1.165, 1.54) is 4.31 Å². The number of amides is 1. The molecule has 2 N–H and O–H groups in total. The predicted octanol–water partition coefficient (Wildman–Crippen LogP) is 2.44. The number of carbonyl (C=O) groups excluding carboxylic acids is 1.